The average molecular weight is 266 g/mol. The molecule has 0 aromatic carbocycles. The van der Waals surface area contributed by atoms with Crippen LogP contribution in [0.5, 0.6) is 0 Å². The Balaban J connectivity index is 2.80. The van der Waals surface area contributed by atoms with Gasteiger partial charge in [0, 0.05) is 26.1 Å². The van der Waals surface area contributed by atoms with Gasteiger partial charge >= 0.3 is 0 Å². The molecule has 5 nitrogen and oxygen atoms in total. The van der Waals surface area contributed by atoms with E-state index in [9.17, 15) is 4.79 Å². The number of amides is 1. The fourth-order valence-electron chi connectivity index (χ4n) is 1.30. The number of rotatable bonds is 5. The number of carbonyl (C=O) groups excluding carboxylic acids is 1. The third kappa shape index (κ3) is 3.37. The van der Waals surface area contributed by atoms with Crippen molar-refractivity contribution < 1.29 is 4.79 Å². The van der Waals surface area contributed by atoms with Gasteiger partial charge in [0.05, 0.1) is 0 Å². The molecular formula is C12H18N4OS. The van der Waals surface area contributed by atoms with Crippen LogP contribution in [0.2, 0.25) is 0 Å². The lowest BCUT2D eigenvalue weighted by Gasteiger charge is -2.11. The van der Waals surface area contributed by atoms with Crippen molar-refractivity contribution in [2.75, 3.05) is 24.2 Å². The van der Waals surface area contributed by atoms with Crippen LogP contribution in [0.3, 0.4) is 0 Å². The van der Waals surface area contributed by atoms with Crippen LogP contribution in [-0.2, 0) is 0 Å². The van der Waals surface area contributed by atoms with Crippen molar-refractivity contribution in [2.45, 2.75) is 26.3 Å². The maximum absolute atomic E-state index is 12.0. The summed E-state index contributed by atoms with van der Waals surface area (Å²) >= 11 is 1.29. The number of nitrogens with one attached hydrogen (secondary N) is 1. The predicted octanol–water partition coefficient (Wildman–Crippen LogP) is 1.32. The number of hydrogen-bond acceptors (Lipinski definition) is 5. The van der Waals surface area contributed by atoms with Crippen LogP contribution < -0.4 is 16.0 Å². The highest BCUT2D eigenvalue weighted by molar-refractivity contribution is 7.18. The Kier molecular flexibility index (Phi) is 4.98. The number of terminal acetylenes is 1. The van der Waals surface area contributed by atoms with E-state index < -0.39 is 0 Å². The van der Waals surface area contributed by atoms with E-state index in [1.165, 1.54) is 11.3 Å². The largest absolute Gasteiger partial charge is 0.382 e. The average Bonchev–Trinajstić information content (AvgIpc) is 2.70. The maximum atomic E-state index is 12.0. The fourth-order valence-corrected chi connectivity index (χ4v) is 2.21. The first-order chi connectivity index (χ1) is 8.49. The zero-order chi connectivity index (χ0) is 13.7. The number of nitrogen functional groups attached to an aromatic ring is 1. The second kappa shape index (κ2) is 6.26. The van der Waals surface area contributed by atoms with E-state index in [0.717, 1.165) is 11.7 Å². The second-order valence-corrected chi connectivity index (χ2v) is 4.99. The van der Waals surface area contributed by atoms with E-state index in [4.69, 9.17) is 12.2 Å². The highest BCUT2D eigenvalue weighted by Crippen LogP contribution is 2.27. The molecule has 0 fully saturated rings. The Hall–Kier alpha value is -1.74. The van der Waals surface area contributed by atoms with Gasteiger partial charge in [-0.25, -0.2) is 4.98 Å². The van der Waals surface area contributed by atoms with Gasteiger partial charge in [0.25, 0.3) is 5.91 Å². The number of thiazole rings is 1. The Labute approximate surface area is 111 Å². The Morgan fingerprint density at radius 1 is 1.72 bits per heavy atom. The molecule has 1 aromatic heterocycles. The Bertz CT molecular complexity index is 463. The first-order valence-corrected chi connectivity index (χ1v) is 6.53. The molecule has 3 N–H and O–H groups in total. The summed E-state index contributed by atoms with van der Waals surface area (Å²) in [7, 11) is 1.90. The van der Waals surface area contributed by atoms with E-state index in [1.54, 1.807) is 0 Å². The van der Waals surface area contributed by atoms with Crippen molar-refractivity contribution in [1.82, 2.24) is 10.3 Å². The first kappa shape index (κ1) is 14.3. The molecule has 0 radical (unpaired) electrons. The lowest BCUT2D eigenvalue weighted by atomic mass is 10.2. The van der Waals surface area contributed by atoms with Crippen molar-refractivity contribution in [1.29, 1.82) is 0 Å². The number of anilines is 2. The smallest absolute Gasteiger partial charge is 0.265 e. The van der Waals surface area contributed by atoms with Crippen molar-refractivity contribution in [3.63, 3.8) is 0 Å². The lowest BCUT2D eigenvalue weighted by Crippen LogP contribution is -2.32. The molecular weight excluding hydrogens is 248 g/mol. The lowest BCUT2D eigenvalue weighted by molar-refractivity contribution is 0.0945. The molecule has 0 saturated carbocycles. The monoisotopic (exact) mass is 266 g/mol. The van der Waals surface area contributed by atoms with Crippen LogP contribution >= 0.6 is 11.3 Å². The molecule has 1 heterocycles. The van der Waals surface area contributed by atoms with Crippen molar-refractivity contribution in [3.05, 3.63) is 4.88 Å². The number of carbonyl (C=O) groups is 1. The molecule has 1 unspecified atom stereocenters. The van der Waals surface area contributed by atoms with Gasteiger partial charge in [-0.1, -0.05) is 11.3 Å². The van der Waals surface area contributed by atoms with Gasteiger partial charge in [-0.05, 0) is 13.8 Å². The molecule has 0 aliphatic carbocycles. The standard InChI is InChI=1S/C12H18N4OS/c1-5-7-8(3)14-11(17)9-10(13)15-12(18-9)16(4)6-2/h1,8H,6-7,13H2,2-4H3,(H,14,17). The van der Waals surface area contributed by atoms with Gasteiger partial charge in [-0.2, -0.15) is 0 Å². The fraction of sp³-hybridized carbons (Fsp3) is 0.500. The summed E-state index contributed by atoms with van der Waals surface area (Å²) in [6.45, 7) is 4.67. The summed E-state index contributed by atoms with van der Waals surface area (Å²) < 4.78 is 0. The maximum Gasteiger partial charge on any atom is 0.265 e. The summed E-state index contributed by atoms with van der Waals surface area (Å²) in [5.41, 5.74) is 5.76. The number of aromatic nitrogens is 1. The molecule has 18 heavy (non-hydrogen) atoms. The highest BCUT2D eigenvalue weighted by Gasteiger charge is 2.18. The molecule has 0 aliphatic heterocycles. The Morgan fingerprint density at radius 2 is 2.39 bits per heavy atom. The third-order valence-corrected chi connectivity index (χ3v) is 3.63. The van der Waals surface area contributed by atoms with Crippen molar-refractivity contribution in [2.24, 2.45) is 0 Å². The van der Waals surface area contributed by atoms with E-state index in [-0.39, 0.29) is 17.8 Å². The van der Waals surface area contributed by atoms with Gasteiger partial charge in [0.1, 0.15) is 10.7 Å². The minimum atomic E-state index is -0.219. The summed E-state index contributed by atoms with van der Waals surface area (Å²) in [5, 5.41) is 3.54. The molecule has 98 valence electrons. The van der Waals surface area contributed by atoms with Crippen LogP contribution in [0.15, 0.2) is 0 Å². The van der Waals surface area contributed by atoms with Crippen molar-refractivity contribution in [3.8, 4) is 12.3 Å². The van der Waals surface area contributed by atoms with E-state index in [1.807, 2.05) is 25.8 Å². The molecule has 0 saturated heterocycles. The van der Waals surface area contributed by atoms with Crippen molar-refractivity contribution >= 4 is 28.2 Å². The predicted molar refractivity (Wildman–Crippen MR) is 75.8 cm³/mol. The number of nitrogens with two attached hydrogens (primary N) is 1. The van der Waals surface area contributed by atoms with Gasteiger partial charge in [0.15, 0.2) is 5.13 Å². The summed E-state index contributed by atoms with van der Waals surface area (Å²) in [5.74, 6) is 2.55. The molecule has 1 aromatic rings. The molecule has 1 atom stereocenters. The van der Waals surface area contributed by atoms with E-state index in [0.29, 0.717) is 11.3 Å². The molecule has 0 bridgehead atoms. The second-order valence-electron chi connectivity index (χ2n) is 4.01. The number of nitrogens with zero attached hydrogens (tertiary/aromatic N) is 2. The topological polar surface area (TPSA) is 71.2 Å². The van der Waals surface area contributed by atoms with Crippen LogP contribution in [-0.4, -0.2) is 30.5 Å². The van der Waals surface area contributed by atoms with Crippen LogP contribution in [0.25, 0.3) is 0 Å². The SMILES string of the molecule is C#CCC(C)NC(=O)c1sc(N(C)CC)nc1N. The molecule has 0 spiro atoms. The Morgan fingerprint density at radius 3 is 2.94 bits per heavy atom. The van der Waals surface area contributed by atoms with Gasteiger partial charge in [-0.15, -0.1) is 12.3 Å². The van der Waals surface area contributed by atoms with E-state index in [2.05, 4.69) is 16.2 Å². The zero-order valence-corrected chi connectivity index (χ0v) is 11.7. The number of hydrogen-bond donors (Lipinski definition) is 2. The summed E-state index contributed by atoms with van der Waals surface area (Å²) in [6, 6.07) is -0.0728. The minimum absolute atomic E-state index is 0.0728. The highest BCUT2D eigenvalue weighted by atomic mass is 32.1. The minimum Gasteiger partial charge on any atom is -0.382 e. The molecule has 6 heteroatoms. The van der Waals surface area contributed by atoms with Crippen LogP contribution in [0.4, 0.5) is 10.9 Å². The van der Waals surface area contributed by atoms with E-state index >= 15 is 0 Å². The zero-order valence-electron chi connectivity index (χ0n) is 10.9. The van der Waals surface area contributed by atoms with Gasteiger partial charge in [-0.3, -0.25) is 4.79 Å². The van der Waals surface area contributed by atoms with Crippen LogP contribution in [0.1, 0.15) is 29.9 Å². The molecule has 1 rings (SSSR count). The normalized spacial score (nSPS) is 11.7. The third-order valence-electron chi connectivity index (χ3n) is 2.45. The molecule has 1 amide bonds. The van der Waals surface area contributed by atoms with Crippen LogP contribution in [0, 0.1) is 12.3 Å². The van der Waals surface area contributed by atoms with Gasteiger partial charge in [0.2, 0.25) is 0 Å². The summed E-state index contributed by atoms with van der Waals surface area (Å²) in [4.78, 5) is 18.5. The first-order valence-electron chi connectivity index (χ1n) is 5.71. The summed E-state index contributed by atoms with van der Waals surface area (Å²) in [6.07, 6.45) is 5.69. The quantitative estimate of drug-likeness (QED) is 0.789. The van der Waals surface area contributed by atoms with Gasteiger partial charge < -0.3 is 16.0 Å². The molecule has 0 aliphatic rings.